The van der Waals surface area contributed by atoms with Gasteiger partial charge in [-0.1, -0.05) is 109 Å². The normalized spacial score (nSPS) is 17.9. The quantitative estimate of drug-likeness (QED) is 0.0475. The first-order valence-electron chi connectivity index (χ1n) is 25.1. The van der Waals surface area contributed by atoms with Crippen LogP contribution in [0.1, 0.15) is 152 Å². The highest BCUT2D eigenvalue weighted by molar-refractivity contribution is 5.96. The number of amides is 3. The van der Waals surface area contributed by atoms with Crippen LogP contribution in [0.25, 0.3) is 0 Å². The van der Waals surface area contributed by atoms with Crippen LogP contribution >= 0.6 is 0 Å². The van der Waals surface area contributed by atoms with E-state index in [1.54, 1.807) is 74.2 Å². The number of Topliss-reactive ketones (excluding diaryl/α,β-unsaturated/α-hetero) is 3. The zero-order chi connectivity index (χ0) is 51.7. The van der Waals surface area contributed by atoms with Crippen molar-refractivity contribution in [2.24, 2.45) is 29.6 Å². The molecular formula is C55H84N4O10. The van der Waals surface area contributed by atoms with E-state index in [4.69, 9.17) is 14.2 Å². The first-order chi connectivity index (χ1) is 32.6. The number of hydrogen-bond acceptors (Lipinski definition) is 11. The molecule has 384 valence electrons. The van der Waals surface area contributed by atoms with Crippen LogP contribution < -0.4 is 5.32 Å². The molecule has 1 aliphatic heterocycles. The van der Waals surface area contributed by atoms with Gasteiger partial charge in [0.15, 0.2) is 17.3 Å². The summed E-state index contributed by atoms with van der Waals surface area (Å²) < 4.78 is 18.2. The SMILES string of the molecule is CC[C@H](C)[C@@H]([C@@H](CC(=O)N1CCC[C@H]1[C@H](OC)[C@@H](C)C(=O)N[C@@H](C)[C@H](OC(=O)CCCCC(=O)c1ccccc1)c1ccc(C(C)=O)cc1)OC)N(C)C(=O)[C@@H](CC(=O)[C@H](C(C)C)N(C)C)C(C)C. The van der Waals surface area contributed by atoms with Gasteiger partial charge in [-0.2, -0.15) is 0 Å². The number of ketones is 3. The van der Waals surface area contributed by atoms with E-state index in [2.05, 4.69) is 5.32 Å². The van der Waals surface area contributed by atoms with Crippen molar-refractivity contribution in [2.75, 3.05) is 41.9 Å². The van der Waals surface area contributed by atoms with Crippen molar-refractivity contribution in [3.8, 4) is 0 Å². The second-order valence-corrected chi connectivity index (χ2v) is 20.1. The molecule has 14 heteroatoms. The maximum Gasteiger partial charge on any atom is 0.306 e. The van der Waals surface area contributed by atoms with Crippen LogP contribution in [0.15, 0.2) is 54.6 Å². The Morgan fingerprint density at radius 3 is 1.94 bits per heavy atom. The van der Waals surface area contributed by atoms with Crippen molar-refractivity contribution in [2.45, 2.75) is 163 Å². The van der Waals surface area contributed by atoms with Crippen molar-refractivity contribution in [3.63, 3.8) is 0 Å². The summed E-state index contributed by atoms with van der Waals surface area (Å²) in [4.78, 5) is 100. The number of carbonyl (C=O) groups excluding carboxylic acids is 7. The monoisotopic (exact) mass is 961 g/mol. The third kappa shape index (κ3) is 16.4. The number of likely N-dealkylation sites (N-methyl/N-ethyl adjacent to an activating group) is 2. The van der Waals surface area contributed by atoms with E-state index in [9.17, 15) is 33.6 Å². The summed E-state index contributed by atoms with van der Waals surface area (Å²) in [5.74, 6) is -2.59. The molecule has 14 nitrogen and oxygen atoms in total. The first-order valence-corrected chi connectivity index (χ1v) is 25.1. The van der Waals surface area contributed by atoms with Crippen molar-refractivity contribution >= 4 is 41.0 Å². The van der Waals surface area contributed by atoms with Crippen LogP contribution in [0.4, 0.5) is 0 Å². The number of hydrogen-bond donors (Lipinski definition) is 1. The van der Waals surface area contributed by atoms with E-state index < -0.39 is 54.2 Å². The molecular weight excluding hydrogens is 877 g/mol. The van der Waals surface area contributed by atoms with Gasteiger partial charge >= 0.3 is 5.97 Å². The van der Waals surface area contributed by atoms with Crippen molar-refractivity contribution < 1.29 is 47.8 Å². The van der Waals surface area contributed by atoms with E-state index in [0.29, 0.717) is 55.3 Å². The van der Waals surface area contributed by atoms with Gasteiger partial charge in [0, 0.05) is 64.1 Å². The molecule has 1 heterocycles. The van der Waals surface area contributed by atoms with Gasteiger partial charge in [-0.05, 0) is 76.9 Å². The lowest BCUT2D eigenvalue weighted by atomic mass is 9.83. The third-order valence-electron chi connectivity index (χ3n) is 14.2. The lowest BCUT2D eigenvalue weighted by Crippen LogP contribution is -2.54. The zero-order valence-electron chi connectivity index (χ0n) is 44.1. The second kappa shape index (κ2) is 28.2. The number of rotatable bonds is 29. The molecule has 3 rings (SSSR count). The van der Waals surface area contributed by atoms with Gasteiger partial charge < -0.3 is 29.3 Å². The molecule has 0 spiro atoms. The van der Waals surface area contributed by atoms with Crippen molar-refractivity contribution in [1.82, 2.24) is 20.0 Å². The Bertz CT molecular complexity index is 1980. The average molecular weight is 961 g/mol. The first kappa shape index (κ1) is 58.5. The summed E-state index contributed by atoms with van der Waals surface area (Å²) >= 11 is 0. The Labute approximate surface area is 412 Å². The second-order valence-electron chi connectivity index (χ2n) is 20.1. The van der Waals surface area contributed by atoms with Crippen LogP contribution in [-0.2, 0) is 38.2 Å². The Morgan fingerprint density at radius 2 is 1.41 bits per heavy atom. The minimum atomic E-state index is -0.896. The molecule has 1 aliphatic rings. The third-order valence-corrected chi connectivity index (χ3v) is 14.2. The summed E-state index contributed by atoms with van der Waals surface area (Å²) in [5, 5.41) is 3.06. The fraction of sp³-hybridized carbons (Fsp3) is 0.655. The zero-order valence-corrected chi connectivity index (χ0v) is 44.1. The molecule has 10 atom stereocenters. The standard InChI is InChI=1S/C55H84N4O10/c1-15-36(6)51(58(12)55(66)43(34(2)3)32-46(62)50(35(4)5)57(10)11)47(67-13)33-48(63)59-31-21-24-44(59)52(68-14)37(7)54(65)56-38(8)53(42-29-27-40(28-30-42)39(9)60)69-49(64)26-20-19-25-45(61)41-22-17-16-18-23-41/h16-18,22-23,27-30,34-38,43-44,47,50-53H,15,19-21,24-26,31-33H2,1-14H3,(H,56,65)/t36-,37+,38-,43-,44-,47+,50-,51-,52+,53-/m0/s1. The number of likely N-dealkylation sites (tertiary alicyclic amines) is 1. The highest BCUT2D eigenvalue weighted by Gasteiger charge is 2.43. The Hall–Kier alpha value is -4.79. The number of unbranched alkanes of at least 4 members (excludes halogenated alkanes) is 1. The molecule has 0 saturated carbocycles. The van der Waals surface area contributed by atoms with Gasteiger partial charge in [0.25, 0.3) is 0 Å². The molecule has 3 amide bonds. The van der Waals surface area contributed by atoms with Gasteiger partial charge in [-0.25, -0.2) is 0 Å². The fourth-order valence-corrected chi connectivity index (χ4v) is 10.1. The molecule has 1 N–H and O–H groups in total. The largest absolute Gasteiger partial charge is 0.455 e. The van der Waals surface area contributed by atoms with Crippen LogP contribution in [0.2, 0.25) is 0 Å². The van der Waals surface area contributed by atoms with Crippen LogP contribution in [0, 0.1) is 29.6 Å². The number of esters is 1. The Balaban J connectivity index is 1.77. The molecule has 2 aromatic rings. The van der Waals surface area contributed by atoms with E-state index in [1.807, 2.05) is 78.7 Å². The van der Waals surface area contributed by atoms with Crippen molar-refractivity contribution in [3.05, 3.63) is 71.3 Å². The summed E-state index contributed by atoms with van der Waals surface area (Å²) in [7, 11) is 8.62. The van der Waals surface area contributed by atoms with Gasteiger partial charge in [-0.3, -0.25) is 38.5 Å². The van der Waals surface area contributed by atoms with Crippen LogP contribution in [0.5, 0.6) is 0 Å². The molecule has 1 fully saturated rings. The molecule has 0 bridgehead atoms. The van der Waals surface area contributed by atoms with Crippen molar-refractivity contribution in [1.29, 1.82) is 0 Å². The van der Waals surface area contributed by atoms with Gasteiger partial charge in [0.05, 0.1) is 48.7 Å². The molecule has 0 unspecified atom stereocenters. The summed E-state index contributed by atoms with van der Waals surface area (Å²) in [6.07, 6.45) is 1.22. The number of nitrogens with zero attached hydrogens (tertiary/aromatic N) is 3. The van der Waals surface area contributed by atoms with E-state index in [1.165, 1.54) is 14.0 Å². The summed E-state index contributed by atoms with van der Waals surface area (Å²) in [5.41, 5.74) is 1.71. The smallest absolute Gasteiger partial charge is 0.306 e. The minimum Gasteiger partial charge on any atom is -0.455 e. The predicted octanol–water partition coefficient (Wildman–Crippen LogP) is 8.16. The Kier molecular flexibility index (Phi) is 23.9. The van der Waals surface area contributed by atoms with Crippen LogP contribution in [0.3, 0.4) is 0 Å². The molecule has 2 aromatic carbocycles. The minimum absolute atomic E-state index is 0.00451. The lowest BCUT2D eigenvalue weighted by Gasteiger charge is -2.41. The number of benzene rings is 2. The Morgan fingerprint density at radius 1 is 0.783 bits per heavy atom. The number of carbonyl (C=O) groups is 7. The van der Waals surface area contributed by atoms with Crippen LogP contribution in [-0.4, -0.2) is 134 Å². The van der Waals surface area contributed by atoms with E-state index in [-0.39, 0.29) is 78.1 Å². The highest BCUT2D eigenvalue weighted by Crippen LogP contribution is 2.32. The van der Waals surface area contributed by atoms with Gasteiger partial charge in [-0.15, -0.1) is 0 Å². The van der Waals surface area contributed by atoms with Gasteiger partial charge in [0.1, 0.15) is 6.10 Å². The fourth-order valence-electron chi connectivity index (χ4n) is 10.1. The average Bonchev–Trinajstić information content (AvgIpc) is 3.80. The molecule has 1 saturated heterocycles. The van der Waals surface area contributed by atoms with E-state index in [0.717, 1.165) is 6.42 Å². The maximum atomic E-state index is 14.5. The topological polar surface area (TPSA) is 169 Å². The molecule has 0 aromatic heterocycles. The van der Waals surface area contributed by atoms with E-state index >= 15 is 0 Å². The molecule has 69 heavy (non-hydrogen) atoms. The number of ether oxygens (including phenoxy) is 3. The predicted molar refractivity (Wildman–Crippen MR) is 269 cm³/mol. The molecule has 0 radical (unpaired) electrons. The summed E-state index contributed by atoms with van der Waals surface area (Å²) in [6.45, 7) is 17.5. The lowest BCUT2D eigenvalue weighted by molar-refractivity contribution is -0.152. The maximum absolute atomic E-state index is 14.5. The number of nitrogens with one attached hydrogen (secondary N) is 1. The highest BCUT2D eigenvalue weighted by atomic mass is 16.5. The number of methoxy groups -OCH3 is 2. The molecule has 0 aliphatic carbocycles. The summed E-state index contributed by atoms with van der Waals surface area (Å²) in [6, 6.07) is 13.8. The van der Waals surface area contributed by atoms with Gasteiger partial charge in [0.2, 0.25) is 17.7 Å².